The molecule has 1 fully saturated rings. The number of amides is 1. The molecule has 0 aromatic heterocycles. The standard InChI is InChI=1S/C26H19F2NO8/c27-10-5-4-9(14(28)7-10)6-12-11-2-1-3-15(30)17(11)22(33)20-18(12)21(32)13-8-16(31)19(25(29)36)23(34)26(13,37)24(20)35/h1-7,13,18,21,30,32-34,37H,8H2,(H2,29,36)/b12-6+/t13-,18-,21-,26?/m1/s1. The van der Waals surface area contributed by atoms with Gasteiger partial charge in [-0.05, 0) is 35.4 Å². The summed E-state index contributed by atoms with van der Waals surface area (Å²) in [5, 5.41) is 55.0. The Morgan fingerprint density at radius 2 is 1.81 bits per heavy atom. The number of rotatable bonds is 2. The first kappa shape index (κ1) is 24.3. The number of phenols is 1. The molecular formula is C26H19F2NO8. The van der Waals surface area contributed by atoms with Crippen molar-refractivity contribution >= 4 is 34.9 Å². The van der Waals surface area contributed by atoms with E-state index in [2.05, 4.69) is 0 Å². The summed E-state index contributed by atoms with van der Waals surface area (Å²) in [6.07, 6.45) is -1.42. The van der Waals surface area contributed by atoms with E-state index in [0.29, 0.717) is 6.07 Å². The molecule has 1 unspecified atom stereocenters. The minimum atomic E-state index is -3.01. The molecule has 11 heteroatoms. The summed E-state index contributed by atoms with van der Waals surface area (Å²) in [6.45, 7) is 0. The number of nitrogens with two attached hydrogens (primary N) is 1. The maximum atomic E-state index is 14.6. The minimum absolute atomic E-state index is 0.00345. The van der Waals surface area contributed by atoms with Crippen LogP contribution in [0, 0.1) is 23.5 Å². The molecule has 7 N–H and O–H groups in total. The van der Waals surface area contributed by atoms with Gasteiger partial charge in [-0.2, -0.15) is 0 Å². The topological polar surface area (TPSA) is 178 Å². The maximum absolute atomic E-state index is 14.6. The van der Waals surface area contributed by atoms with Gasteiger partial charge < -0.3 is 31.3 Å². The van der Waals surface area contributed by atoms with Crippen LogP contribution in [0.15, 0.2) is 53.3 Å². The summed E-state index contributed by atoms with van der Waals surface area (Å²) in [4.78, 5) is 38.1. The van der Waals surface area contributed by atoms with Crippen molar-refractivity contribution in [2.45, 2.75) is 18.1 Å². The number of aliphatic hydroxyl groups is 4. The van der Waals surface area contributed by atoms with Gasteiger partial charge in [0.2, 0.25) is 5.78 Å². The van der Waals surface area contributed by atoms with Crippen LogP contribution >= 0.6 is 0 Å². The van der Waals surface area contributed by atoms with Gasteiger partial charge in [0.15, 0.2) is 11.4 Å². The first-order valence-electron chi connectivity index (χ1n) is 11.0. The Labute approximate surface area is 207 Å². The lowest BCUT2D eigenvalue weighted by Crippen LogP contribution is -2.63. The molecule has 0 saturated heterocycles. The highest BCUT2D eigenvalue weighted by Gasteiger charge is 2.64. The molecule has 0 heterocycles. The molecule has 0 bridgehead atoms. The number of hydrogen-bond donors (Lipinski definition) is 6. The van der Waals surface area contributed by atoms with E-state index in [1.54, 1.807) is 0 Å². The Hall–Kier alpha value is -4.35. The quantitative estimate of drug-likeness (QED) is 0.330. The molecule has 0 radical (unpaired) electrons. The van der Waals surface area contributed by atoms with Gasteiger partial charge in [-0.25, -0.2) is 8.78 Å². The van der Waals surface area contributed by atoms with E-state index in [1.165, 1.54) is 24.3 Å². The Bertz CT molecular complexity index is 1520. The zero-order valence-corrected chi connectivity index (χ0v) is 18.8. The Morgan fingerprint density at radius 1 is 1.11 bits per heavy atom. The van der Waals surface area contributed by atoms with Crippen molar-refractivity contribution in [3.8, 4) is 5.75 Å². The lowest BCUT2D eigenvalue weighted by Gasteiger charge is -2.49. The van der Waals surface area contributed by atoms with Crippen molar-refractivity contribution in [3.63, 3.8) is 0 Å². The molecule has 0 aliphatic heterocycles. The summed E-state index contributed by atoms with van der Waals surface area (Å²) in [6, 6.07) is 6.69. The van der Waals surface area contributed by atoms with Gasteiger partial charge in [0.25, 0.3) is 5.91 Å². The summed E-state index contributed by atoms with van der Waals surface area (Å²) in [7, 11) is 0. The van der Waals surface area contributed by atoms with E-state index >= 15 is 0 Å². The van der Waals surface area contributed by atoms with Crippen LogP contribution in [-0.2, 0) is 14.4 Å². The number of Topliss-reactive ketones (excluding diaryl/α,β-unsaturated/α-hetero) is 2. The van der Waals surface area contributed by atoms with Gasteiger partial charge in [-0.15, -0.1) is 0 Å². The van der Waals surface area contributed by atoms with Crippen LogP contribution in [-0.4, -0.2) is 54.7 Å². The number of carbonyl (C=O) groups is 3. The second-order valence-corrected chi connectivity index (χ2v) is 9.11. The first-order chi connectivity index (χ1) is 17.4. The fraction of sp³-hybridized carbons (Fsp3) is 0.192. The van der Waals surface area contributed by atoms with Crippen molar-refractivity contribution in [2.75, 3.05) is 0 Å². The number of phenolic OH excluding ortho intramolecular Hbond substituents is 1. The molecular weight excluding hydrogens is 492 g/mol. The molecule has 1 amide bonds. The maximum Gasteiger partial charge on any atom is 0.255 e. The first-order valence-corrected chi connectivity index (χ1v) is 11.0. The lowest BCUT2D eigenvalue weighted by molar-refractivity contribution is -0.157. The van der Waals surface area contributed by atoms with E-state index in [4.69, 9.17) is 5.73 Å². The molecule has 5 rings (SSSR count). The van der Waals surface area contributed by atoms with Crippen LogP contribution in [0.1, 0.15) is 23.1 Å². The van der Waals surface area contributed by atoms with Gasteiger partial charge in [0.1, 0.15) is 34.5 Å². The van der Waals surface area contributed by atoms with E-state index < -0.39 is 87.5 Å². The molecule has 4 atom stereocenters. The molecule has 37 heavy (non-hydrogen) atoms. The van der Waals surface area contributed by atoms with Crippen molar-refractivity contribution in [1.82, 2.24) is 0 Å². The Balaban J connectivity index is 1.83. The number of carbonyl (C=O) groups excluding carboxylic acids is 3. The highest BCUT2D eigenvalue weighted by molar-refractivity contribution is 6.23. The van der Waals surface area contributed by atoms with Crippen LogP contribution in [0.25, 0.3) is 17.4 Å². The average Bonchev–Trinajstić information content (AvgIpc) is 2.82. The molecule has 9 nitrogen and oxygen atoms in total. The van der Waals surface area contributed by atoms with Crippen LogP contribution < -0.4 is 5.73 Å². The predicted molar refractivity (Wildman–Crippen MR) is 123 cm³/mol. The zero-order valence-electron chi connectivity index (χ0n) is 18.8. The molecule has 2 aromatic carbocycles. The SMILES string of the molecule is NC(=O)C1=C(O)C2(O)C(=O)C3=C(O)c4c(O)cccc4/C(=C\c4ccc(F)cc4F)[C@H]3[C@H](O)[C@H]2CC1=O. The Morgan fingerprint density at radius 3 is 2.46 bits per heavy atom. The smallest absolute Gasteiger partial charge is 0.255 e. The van der Waals surface area contributed by atoms with Gasteiger partial charge in [-0.3, -0.25) is 14.4 Å². The van der Waals surface area contributed by atoms with Crippen molar-refractivity contribution in [3.05, 3.63) is 81.6 Å². The van der Waals surface area contributed by atoms with Crippen LogP contribution in [0.4, 0.5) is 8.78 Å². The number of aliphatic hydroxyl groups excluding tert-OH is 3. The number of benzene rings is 2. The number of halogens is 2. The predicted octanol–water partition coefficient (Wildman–Crippen LogP) is 1.67. The highest BCUT2D eigenvalue weighted by atomic mass is 19.1. The van der Waals surface area contributed by atoms with E-state index in [9.17, 15) is 48.7 Å². The Kier molecular flexibility index (Phi) is 5.32. The molecule has 2 aromatic rings. The van der Waals surface area contributed by atoms with E-state index in [-0.39, 0.29) is 22.3 Å². The summed E-state index contributed by atoms with van der Waals surface area (Å²) >= 11 is 0. The van der Waals surface area contributed by atoms with E-state index in [0.717, 1.165) is 12.1 Å². The number of primary amides is 1. The molecule has 1 saturated carbocycles. The van der Waals surface area contributed by atoms with Crippen molar-refractivity contribution < 1.29 is 48.7 Å². The van der Waals surface area contributed by atoms with Crippen molar-refractivity contribution in [2.24, 2.45) is 17.6 Å². The van der Waals surface area contributed by atoms with E-state index in [1.807, 2.05) is 0 Å². The third kappa shape index (κ3) is 3.24. The number of hydrogen-bond acceptors (Lipinski definition) is 8. The molecule has 3 aliphatic rings. The third-order valence-electron chi connectivity index (χ3n) is 7.17. The van der Waals surface area contributed by atoms with Crippen LogP contribution in [0.3, 0.4) is 0 Å². The minimum Gasteiger partial charge on any atom is -0.508 e. The third-order valence-corrected chi connectivity index (χ3v) is 7.17. The van der Waals surface area contributed by atoms with Crippen molar-refractivity contribution in [1.29, 1.82) is 0 Å². The normalized spacial score (nSPS) is 28.2. The summed E-state index contributed by atoms with van der Waals surface area (Å²) in [5.74, 6) is -11.5. The zero-order chi connectivity index (χ0) is 27.0. The number of fused-ring (bicyclic) bond motifs is 3. The fourth-order valence-electron chi connectivity index (χ4n) is 5.47. The van der Waals surface area contributed by atoms with Gasteiger partial charge in [-0.1, -0.05) is 12.1 Å². The fourth-order valence-corrected chi connectivity index (χ4v) is 5.47. The van der Waals surface area contributed by atoms with Gasteiger partial charge in [0, 0.05) is 29.9 Å². The largest absolute Gasteiger partial charge is 0.508 e. The van der Waals surface area contributed by atoms with Crippen LogP contribution in [0.2, 0.25) is 0 Å². The lowest BCUT2D eigenvalue weighted by atomic mass is 9.56. The molecule has 3 aliphatic carbocycles. The second kappa shape index (κ2) is 8.08. The molecule has 190 valence electrons. The number of aromatic hydroxyl groups is 1. The second-order valence-electron chi connectivity index (χ2n) is 9.11. The van der Waals surface area contributed by atoms with Gasteiger partial charge in [0.05, 0.1) is 17.2 Å². The summed E-state index contributed by atoms with van der Waals surface area (Å²) in [5.41, 5.74) is 0.130. The van der Waals surface area contributed by atoms with Crippen LogP contribution in [0.5, 0.6) is 5.75 Å². The highest BCUT2D eigenvalue weighted by Crippen LogP contribution is 2.55. The average molecular weight is 511 g/mol. The van der Waals surface area contributed by atoms with Gasteiger partial charge >= 0.3 is 0 Å². The molecule has 0 spiro atoms. The number of ketones is 2. The summed E-state index contributed by atoms with van der Waals surface area (Å²) < 4.78 is 28.1. The monoisotopic (exact) mass is 511 g/mol.